The van der Waals surface area contributed by atoms with Gasteiger partial charge in [0.1, 0.15) is 4.83 Å². The van der Waals surface area contributed by atoms with Crippen molar-refractivity contribution in [1.29, 1.82) is 0 Å². The molecule has 0 aromatic carbocycles. The van der Waals surface area contributed by atoms with Crippen LogP contribution < -0.4 is 5.56 Å². The van der Waals surface area contributed by atoms with Crippen LogP contribution in [0.5, 0.6) is 0 Å². The number of rotatable bonds is 9. The fourth-order valence-electron chi connectivity index (χ4n) is 2.73. The number of hydrogen-bond donors (Lipinski definition) is 0. The van der Waals surface area contributed by atoms with Gasteiger partial charge in [0.15, 0.2) is 11.0 Å². The van der Waals surface area contributed by atoms with Crippen molar-refractivity contribution in [3.63, 3.8) is 0 Å². The predicted molar refractivity (Wildman–Crippen MR) is 112 cm³/mol. The second-order valence-corrected chi connectivity index (χ2v) is 9.31. The first-order valence-corrected chi connectivity index (χ1v) is 11.2. The van der Waals surface area contributed by atoms with E-state index in [1.165, 1.54) is 11.8 Å². The molecule has 3 heterocycles. The maximum atomic E-state index is 13.1. The van der Waals surface area contributed by atoms with E-state index in [9.17, 15) is 4.79 Å². The molecule has 3 aromatic rings. The molecule has 0 N–H and O–H groups in total. The Hall–Kier alpha value is -1.71. The number of aromatic nitrogens is 4. The first kappa shape index (κ1) is 21.0. The Morgan fingerprint density at radius 1 is 1.32 bits per heavy atom. The highest BCUT2D eigenvalue weighted by Crippen LogP contribution is 2.34. The summed E-state index contributed by atoms with van der Waals surface area (Å²) < 4.78 is 12.3. The van der Waals surface area contributed by atoms with E-state index >= 15 is 0 Å². The van der Waals surface area contributed by atoms with Crippen molar-refractivity contribution in [2.75, 3.05) is 13.7 Å². The number of thioether (sulfide) groups is 1. The lowest BCUT2D eigenvalue weighted by Gasteiger charge is -2.13. The average Bonchev–Trinajstić information content (AvgIpc) is 3.31. The number of ether oxygens (including phenoxy) is 1. The number of hydrogen-bond acceptors (Lipinski definition) is 8. The molecule has 1 atom stereocenters. The Morgan fingerprint density at radius 2 is 2.11 bits per heavy atom. The molecule has 0 aliphatic heterocycles. The lowest BCUT2D eigenvalue weighted by atomic mass is 10.2. The van der Waals surface area contributed by atoms with Crippen molar-refractivity contribution in [3.8, 4) is 0 Å². The van der Waals surface area contributed by atoms with Crippen LogP contribution in [0.25, 0.3) is 10.2 Å². The minimum absolute atomic E-state index is 0.000140. The molecule has 3 aromatic heterocycles. The van der Waals surface area contributed by atoms with Gasteiger partial charge in [-0.1, -0.05) is 37.7 Å². The monoisotopic (exact) mass is 422 g/mol. The van der Waals surface area contributed by atoms with E-state index < -0.39 is 0 Å². The summed E-state index contributed by atoms with van der Waals surface area (Å²) in [4.78, 5) is 24.3. The maximum Gasteiger partial charge on any atom is 0.262 e. The highest BCUT2D eigenvalue weighted by atomic mass is 32.2. The first-order chi connectivity index (χ1) is 13.4. The normalized spacial score (nSPS) is 12.9. The van der Waals surface area contributed by atoms with Crippen LogP contribution in [-0.2, 0) is 17.7 Å². The minimum Gasteiger partial charge on any atom is -0.385 e. The molecule has 0 bridgehead atoms. The van der Waals surface area contributed by atoms with E-state index in [4.69, 9.17) is 14.2 Å². The summed E-state index contributed by atoms with van der Waals surface area (Å²) in [6, 6.07) is 1.97. The van der Waals surface area contributed by atoms with Gasteiger partial charge in [-0.25, -0.2) is 4.98 Å². The Kier molecular flexibility index (Phi) is 6.90. The summed E-state index contributed by atoms with van der Waals surface area (Å²) >= 11 is 3.05. The van der Waals surface area contributed by atoms with Crippen molar-refractivity contribution in [2.24, 2.45) is 0 Å². The highest BCUT2D eigenvalue weighted by molar-refractivity contribution is 7.99. The first-order valence-electron chi connectivity index (χ1n) is 9.46. The van der Waals surface area contributed by atoms with Crippen molar-refractivity contribution in [3.05, 3.63) is 33.0 Å². The van der Waals surface area contributed by atoms with Crippen molar-refractivity contribution < 1.29 is 9.26 Å². The molecule has 28 heavy (non-hydrogen) atoms. The average molecular weight is 423 g/mol. The number of aryl methyl sites for hydroxylation is 1. The predicted octanol–water partition coefficient (Wildman–Crippen LogP) is 4.42. The topological polar surface area (TPSA) is 83.0 Å². The molecule has 0 saturated heterocycles. The SMILES string of the molecule is CCc1cc2c(=O)n(CCCOC)c(S[C@H](C)c3nc(C(C)C)no3)nc2s1. The molecule has 152 valence electrons. The molecule has 0 fully saturated rings. The molecule has 7 nitrogen and oxygen atoms in total. The second kappa shape index (κ2) is 9.19. The van der Waals surface area contributed by atoms with Crippen molar-refractivity contribution >= 4 is 33.3 Å². The standard InChI is InChI=1S/C19H26N4O3S2/c1-6-13-10-14-17(28-13)21-19(23(18(14)24)8-7-9-25-5)27-12(4)16-20-15(11(2)3)22-26-16/h10-12H,6-9H2,1-5H3/t12-/m1/s1. The summed E-state index contributed by atoms with van der Waals surface area (Å²) in [5.74, 6) is 1.44. The molecule has 0 unspecified atom stereocenters. The third-order valence-electron chi connectivity index (χ3n) is 4.35. The van der Waals surface area contributed by atoms with Gasteiger partial charge in [-0.3, -0.25) is 9.36 Å². The van der Waals surface area contributed by atoms with E-state index in [0.29, 0.717) is 35.4 Å². The van der Waals surface area contributed by atoms with Gasteiger partial charge in [0.25, 0.3) is 5.56 Å². The van der Waals surface area contributed by atoms with Crippen LogP contribution in [0.3, 0.4) is 0 Å². The molecule has 0 saturated carbocycles. The largest absolute Gasteiger partial charge is 0.385 e. The van der Waals surface area contributed by atoms with Crippen molar-refractivity contribution in [1.82, 2.24) is 19.7 Å². The van der Waals surface area contributed by atoms with Crippen LogP contribution in [0.1, 0.15) is 61.9 Å². The smallest absolute Gasteiger partial charge is 0.262 e. The Morgan fingerprint density at radius 3 is 2.75 bits per heavy atom. The molecule has 0 aliphatic rings. The number of methoxy groups -OCH3 is 1. The van der Waals surface area contributed by atoms with E-state index in [0.717, 1.165) is 22.5 Å². The number of fused-ring (bicyclic) bond motifs is 1. The van der Waals surface area contributed by atoms with Crippen LogP contribution in [0.2, 0.25) is 0 Å². The molecule has 3 rings (SSSR count). The van der Waals surface area contributed by atoms with Gasteiger partial charge < -0.3 is 9.26 Å². The fourth-order valence-corrected chi connectivity index (χ4v) is 4.70. The molecule has 0 spiro atoms. The number of thiophene rings is 1. The summed E-state index contributed by atoms with van der Waals surface area (Å²) in [6.45, 7) is 9.28. The summed E-state index contributed by atoms with van der Waals surface area (Å²) in [5.41, 5.74) is 0.000140. The number of nitrogens with zero attached hydrogens (tertiary/aromatic N) is 4. The molecular formula is C19H26N4O3S2. The molecule has 0 amide bonds. The van der Waals surface area contributed by atoms with E-state index in [1.807, 2.05) is 26.8 Å². The van der Waals surface area contributed by atoms with Crippen molar-refractivity contribution in [2.45, 2.75) is 63.4 Å². The zero-order valence-corrected chi connectivity index (χ0v) is 18.5. The Bertz CT molecular complexity index is 993. The lowest BCUT2D eigenvalue weighted by Crippen LogP contribution is -2.23. The zero-order valence-electron chi connectivity index (χ0n) is 16.9. The third-order valence-corrected chi connectivity index (χ3v) is 6.60. The summed E-state index contributed by atoms with van der Waals surface area (Å²) in [7, 11) is 1.66. The molecule has 0 radical (unpaired) electrons. The maximum absolute atomic E-state index is 13.1. The Labute approximate surface area is 172 Å². The van der Waals surface area contributed by atoms with Crippen LogP contribution in [0.4, 0.5) is 0 Å². The van der Waals surface area contributed by atoms with Crippen LogP contribution in [0, 0.1) is 0 Å². The van der Waals surface area contributed by atoms with Gasteiger partial charge in [0.05, 0.1) is 10.6 Å². The van der Waals surface area contributed by atoms with Crippen LogP contribution >= 0.6 is 23.1 Å². The van der Waals surface area contributed by atoms with E-state index in [-0.39, 0.29) is 16.7 Å². The summed E-state index contributed by atoms with van der Waals surface area (Å²) in [5, 5.41) is 5.30. The zero-order chi connectivity index (χ0) is 20.3. The lowest BCUT2D eigenvalue weighted by molar-refractivity contribution is 0.189. The van der Waals surface area contributed by atoms with Crippen LogP contribution in [-0.4, -0.2) is 33.4 Å². The van der Waals surface area contributed by atoms with Gasteiger partial charge in [-0.05, 0) is 25.8 Å². The third kappa shape index (κ3) is 4.47. The van der Waals surface area contributed by atoms with Crippen LogP contribution in [0.15, 0.2) is 20.5 Å². The molecule has 9 heteroatoms. The Balaban J connectivity index is 1.96. The van der Waals surface area contributed by atoms with E-state index in [2.05, 4.69) is 17.1 Å². The van der Waals surface area contributed by atoms with Gasteiger partial charge in [-0.15, -0.1) is 11.3 Å². The second-order valence-electron chi connectivity index (χ2n) is 6.89. The van der Waals surface area contributed by atoms with E-state index in [1.54, 1.807) is 23.0 Å². The fraction of sp³-hybridized carbons (Fsp3) is 0.579. The highest BCUT2D eigenvalue weighted by Gasteiger charge is 2.21. The van der Waals surface area contributed by atoms with Gasteiger partial charge in [0, 0.05) is 31.1 Å². The van der Waals surface area contributed by atoms with Gasteiger partial charge in [-0.2, -0.15) is 4.98 Å². The van der Waals surface area contributed by atoms with Gasteiger partial charge >= 0.3 is 0 Å². The quantitative estimate of drug-likeness (QED) is 0.287. The minimum atomic E-state index is -0.108. The van der Waals surface area contributed by atoms with Gasteiger partial charge in [0.2, 0.25) is 5.89 Å². The molecule has 0 aliphatic carbocycles. The molecular weight excluding hydrogens is 396 g/mol. The summed E-state index contributed by atoms with van der Waals surface area (Å²) in [6.07, 6.45) is 1.64.